The molecular weight excluding hydrogens is 212 g/mol. The molecule has 0 spiro atoms. The van der Waals surface area contributed by atoms with Gasteiger partial charge in [-0.2, -0.15) is 0 Å². The molecule has 0 radical (unpaired) electrons. The maximum Gasteiger partial charge on any atom is 0.147 e. The van der Waals surface area contributed by atoms with Crippen LogP contribution in [0, 0.1) is 5.92 Å². The van der Waals surface area contributed by atoms with Gasteiger partial charge in [-0.05, 0) is 38.0 Å². The minimum Gasteiger partial charge on any atom is -0.308 e. The summed E-state index contributed by atoms with van der Waals surface area (Å²) in [5.74, 6) is 8.02. The average Bonchev–Trinajstić information content (AvgIpc) is 2.35. The van der Waals surface area contributed by atoms with Gasteiger partial charge in [0.2, 0.25) is 0 Å². The second-order valence-corrected chi connectivity index (χ2v) is 5.20. The molecule has 0 fully saturated rings. The van der Waals surface area contributed by atoms with Gasteiger partial charge < -0.3 is 5.43 Å². The Morgan fingerprint density at radius 3 is 2.71 bits per heavy atom. The topological polar surface area (TPSA) is 63.8 Å². The zero-order valence-corrected chi connectivity index (χ0v) is 10.8. The highest BCUT2D eigenvalue weighted by atomic mass is 15.3. The monoisotopic (exact) mass is 234 g/mol. The van der Waals surface area contributed by atoms with Gasteiger partial charge >= 0.3 is 0 Å². The van der Waals surface area contributed by atoms with E-state index in [0.717, 1.165) is 37.3 Å². The third-order valence-corrected chi connectivity index (χ3v) is 3.31. The van der Waals surface area contributed by atoms with E-state index in [-0.39, 0.29) is 0 Å². The standard InChI is InChI=1S/C13H22N4/c1-9(2)7-8-12-15-11-6-4-3-5-10(11)13(16-12)17-14/h9H,3-8,14H2,1-2H3,(H,15,16,17). The first-order valence-electron chi connectivity index (χ1n) is 6.56. The molecule has 0 atom stereocenters. The van der Waals surface area contributed by atoms with Crippen molar-refractivity contribution in [2.45, 2.75) is 52.4 Å². The Hall–Kier alpha value is -1.16. The van der Waals surface area contributed by atoms with Crippen LogP contribution in [0.2, 0.25) is 0 Å². The van der Waals surface area contributed by atoms with Crippen molar-refractivity contribution in [3.63, 3.8) is 0 Å². The van der Waals surface area contributed by atoms with Gasteiger partial charge in [-0.3, -0.25) is 0 Å². The fraction of sp³-hybridized carbons (Fsp3) is 0.692. The lowest BCUT2D eigenvalue weighted by Crippen LogP contribution is -2.18. The third kappa shape index (κ3) is 2.94. The molecule has 3 N–H and O–H groups in total. The maximum atomic E-state index is 5.56. The molecule has 4 nitrogen and oxygen atoms in total. The maximum absolute atomic E-state index is 5.56. The molecule has 0 saturated heterocycles. The molecule has 0 saturated carbocycles. The van der Waals surface area contributed by atoms with Crippen molar-refractivity contribution in [3.8, 4) is 0 Å². The highest BCUT2D eigenvalue weighted by Gasteiger charge is 2.17. The van der Waals surface area contributed by atoms with E-state index in [9.17, 15) is 0 Å². The lowest BCUT2D eigenvalue weighted by Gasteiger charge is -2.18. The quantitative estimate of drug-likeness (QED) is 0.619. The van der Waals surface area contributed by atoms with E-state index in [2.05, 4.69) is 29.2 Å². The van der Waals surface area contributed by atoms with Crippen molar-refractivity contribution in [1.29, 1.82) is 0 Å². The number of rotatable bonds is 4. The summed E-state index contributed by atoms with van der Waals surface area (Å²) >= 11 is 0. The Morgan fingerprint density at radius 2 is 2.00 bits per heavy atom. The van der Waals surface area contributed by atoms with Gasteiger partial charge in [0.25, 0.3) is 0 Å². The second kappa shape index (κ2) is 5.45. The molecule has 0 aliphatic heterocycles. The minimum absolute atomic E-state index is 0.684. The summed E-state index contributed by atoms with van der Waals surface area (Å²) < 4.78 is 0. The van der Waals surface area contributed by atoms with E-state index < -0.39 is 0 Å². The van der Waals surface area contributed by atoms with Crippen LogP contribution in [-0.4, -0.2) is 9.97 Å². The number of aryl methyl sites for hydroxylation is 2. The number of nitrogens with zero attached hydrogens (tertiary/aromatic N) is 2. The van der Waals surface area contributed by atoms with Crippen LogP contribution in [0.1, 0.15) is 50.2 Å². The largest absolute Gasteiger partial charge is 0.308 e. The molecule has 4 heteroatoms. The lowest BCUT2D eigenvalue weighted by atomic mass is 9.96. The van der Waals surface area contributed by atoms with Gasteiger partial charge in [-0.1, -0.05) is 13.8 Å². The Bertz CT molecular complexity index is 370. The summed E-state index contributed by atoms with van der Waals surface area (Å²) in [7, 11) is 0. The molecule has 1 aromatic rings. The van der Waals surface area contributed by atoms with Crippen LogP contribution in [0.5, 0.6) is 0 Å². The molecule has 1 heterocycles. The number of hydrogen-bond acceptors (Lipinski definition) is 4. The predicted octanol–water partition coefficient (Wildman–Crippen LogP) is 2.23. The molecule has 1 aromatic heterocycles. The number of hydrazine groups is 1. The van der Waals surface area contributed by atoms with Crippen LogP contribution in [-0.2, 0) is 19.3 Å². The molecule has 17 heavy (non-hydrogen) atoms. The molecule has 1 aliphatic rings. The van der Waals surface area contributed by atoms with Gasteiger partial charge in [0.05, 0.1) is 0 Å². The molecule has 0 amide bonds. The Kier molecular flexibility index (Phi) is 3.94. The zero-order chi connectivity index (χ0) is 12.3. The van der Waals surface area contributed by atoms with E-state index in [1.54, 1.807) is 0 Å². The fourth-order valence-corrected chi connectivity index (χ4v) is 2.29. The van der Waals surface area contributed by atoms with Crippen LogP contribution in [0.15, 0.2) is 0 Å². The number of aromatic nitrogens is 2. The molecule has 2 rings (SSSR count). The number of anilines is 1. The Labute approximate surface area is 103 Å². The van der Waals surface area contributed by atoms with Gasteiger partial charge in [0, 0.05) is 17.7 Å². The van der Waals surface area contributed by atoms with E-state index in [1.807, 2.05) is 0 Å². The number of fused-ring (bicyclic) bond motifs is 1. The smallest absolute Gasteiger partial charge is 0.147 e. The van der Waals surface area contributed by atoms with Crippen LogP contribution >= 0.6 is 0 Å². The Morgan fingerprint density at radius 1 is 1.24 bits per heavy atom. The van der Waals surface area contributed by atoms with Crippen molar-refractivity contribution in [3.05, 3.63) is 17.1 Å². The van der Waals surface area contributed by atoms with Gasteiger partial charge in [0.15, 0.2) is 0 Å². The zero-order valence-electron chi connectivity index (χ0n) is 10.8. The second-order valence-electron chi connectivity index (χ2n) is 5.20. The van der Waals surface area contributed by atoms with Crippen molar-refractivity contribution < 1.29 is 0 Å². The van der Waals surface area contributed by atoms with Crippen molar-refractivity contribution in [1.82, 2.24) is 9.97 Å². The molecule has 0 bridgehead atoms. The van der Waals surface area contributed by atoms with Gasteiger partial charge in [0.1, 0.15) is 11.6 Å². The Balaban J connectivity index is 2.23. The van der Waals surface area contributed by atoms with Gasteiger partial charge in [-0.25, -0.2) is 15.8 Å². The third-order valence-electron chi connectivity index (χ3n) is 3.31. The molecular formula is C13H22N4. The summed E-state index contributed by atoms with van der Waals surface area (Å²) in [4.78, 5) is 9.22. The summed E-state index contributed by atoms with van der Waals surface area (Å²) in [5, 5.41) is 0. The van der Waals surface area contributed by atoms with E-state index in [0.29, 0.717) is 5.92 Å². The molecule has 1 aliphatic carbocycles. The molecule has 94 valence electrons. The molecule has 0 aromatic carbocycles. The van der Waals surface area contributed by atoms with Gasteiger partial charge in [-0.15, -0.1) is 0 Å². The summed E-state index contributed by atoms with van der Waals surface area (Å²) in [6, 6.07) is 0. The predicted molar refractivity (Wildman–Crippen MR) is 69.6 cm³/mol. The summed E-state index contributed by atoms with van der Waals surface area (Å²) in [5.41, 5.74) is 5.17. The first kappa shape index (κ1) is 12.3. The first-order chi connectivity index (χ1) is 8.20. The number of nitrogens with one attached hydrogen (secondary N) is 1. The van der Waals surface area contributed by atoms with Crippen LogP contribution < -0.4 is 11.3 Å². The number of nitrogen functional groups attached to an aromatic ring is 1. The van der Waals surface area contributed by atoms with E-state index in [1.165, 1.54) is 24.1 Å². The first-order valence-corrected chi connectivity index (χ1v) is 6.56. The van der Waals surface area contributed by atoms with E-state index >= 15 is 0 Å². The molecule has 0 unspecified atom stereocenters. The van der Waals surface area contributed by atoms with Crippen molar-refractivity contribution in [2.75, 3.05) is 5.43 Å². The fourth-order valence-electron chi connectivity index (χ4n) is 2.29. The van der Waals surface area contributed by atoms with E-state index in [4.69, 9.17) is 5.84 Å². The summed E-state index contributed by atoms with van der Waals surface area (Å²) in [6.07, 6.45) is 6.65. The summed E-state index contributed by atoms with van der Waals surface area (Å²) in [6.45, 7) is 4.45. The minimum atomic E-state index is 0.684. The lowest BCUT2D eigenvalue weighted by molar-refractivity contribution is 0.569. The highest BCUT2D eigenvalue weighted by Crippen LogP contribution is 2.25. The number of hydrogen-bond donors (Lipinski definition) is 2. The van der Waals surface area contributed by atoms with Crippen LogP contribution in [0.4, 0.5) is 5.82 Å². The average molecular weight is 234 g/mol. The number of nitrogens with two attached hydrogens (primary N) is 1. The van der Waals surface area contributed by atoms with Crippen LogP contribution in [0.25, 0.3) is 0 Å². The highest BCUT2D eigenvalue weighted by molar-refractivity contribution is 5.46. The SMILES string of the molecule is CC(C)CCc1nc2c(c(NN)n1)CCCC2. The normalized spacial score (nSPS) is 14.8. The van der Waals surface area contributed by atoms with Crippen molar-refractivity contribution in [2.24, 2.45) is 11.8 Å². The van der Waals surface area contributed by atoms with Crippen molar-refractivity contribution >= 4 is 5.82 Å². The van der Waals surface area contributed by atoms with Crippen LogP contribution in [0.3, 0.4) is 0 Å².